The molecule has 0 fully saturated rings. The Labute approximate surface area is 117 Å². The summed E-state index contributed by atoms with van der Waals surface area (Å²) in [5, 5.41) is 1.36. The SMILES string of the molecule is CN(C)c1cc[n+](Cc2ccc(Cl)cc2Cl)cc1. The molecule has 2 rings (SSSR count). The maximum absolute atomic E-state index is 6.16. The minimum Gasteiger partial charge on any atom is -0.377 e. The fraction of sp³-hybridized carbons (Fsp3) is 0.214. The van der Waals surface area contributed by atoms with Crippen molar-refractivity contribution >= 4 is 28.9 Å². The third kappa shape index (κ3) is 3.15. The number of aromatic nitrogens is 1. The lowest BCUT2D eigenvalue weighted by Gasteiger charge is -2.10. The van der Waals surface area contributed by atoms with Crippen LogP contribution in [-0.4, -0.2) is 14.1 Å². The van der Waals surface area contributed by atoms with Gasteiger partial charge in [-0.3, -0.25) is 0 Å². The van der Waals surface area contributed by atoms with Gasteiger partial charge in [-0.25, -0.2) is 4.57 Å². The summed E-state index contributed by atoms with van der Waals surface area (Å²) in [7, 11) is 4.05. The first-order valence-electron chi connectivity index (χ1n) is 5.66. The highest BCUT2D eigenvalue weighted by Gasteiger charge is 2.07. The van der Waals surface area contributed by atoms with Gasteiger partial charge in [0, 0.05) is 42.5 Å². The summed E-state index contributed by atoms with van der Waals surface area (Å²) in [5.41, 5.74) is 2.23. The van der Waals surface area contributed by atoms with Gasteiger partial charge in [-0.1, -0.05) is 23.2 Å². The molecule has 18 heavy (non-hydrogen) atoms. The second-order valence-electron chi connectivity index (χ2n) is 4.36. The van der Waals surface area contributed by atoms with Gasteiger partial charge in [-0.2, -0.15) is 0 Å². The molecular weight excluding hydrogens is 267 g/mol. The Balaban J connectivity index is 2.18. The topological polar surface area (TPSA) is 7.12 Å². The van der Waals surface area contributed by atoms with E-state index in [1.807, 2.05) is 38.6 Å². The number of anilines is 1. The maximum Gasteiger partial charge on any atom is 0.175 e. The Morgan fingerprint density at radius 2 is 1.72 bits per heavy atom. The maximum atomic E-state index is 6.16. The van der Waals surface area contributed by atoms with Crippen LogP contribution in [0, 0.1) is 0 Å². The predicted molar refractivity (Wildman–Crippen MR) is 76.5 cm³/mol. The van der Waals surface area contributed by atoms with E-state index in [2.05, 4.69) is 21.6 Å². The second kappa shape index (κ2) is 5.59. The van der Waals surface area contributed by atoms with E-state index in [0.717, 1.165) is 12.1 Å². The molecule has 0 saturated carbocycles. The second-order valence-corrected chi connectivity index (χ2v) is 5.20. The van der Waals surface area contributed by atoms with E-state index in [4.69, 9.17) is 23.2 Å². The zero-order chi connectivity index (χ0) is 13.1. The highest BCUT2D eigenvalue weighted by molar-refractivity contribution is 6.35. The molecular formula is C14H15Cl2N2+. The first-order chi connectivity index (χ1) is 8.56. The summed E-state index contributed by atoms with van der Waals surface area (Å²) in [6.07, 6.45) is 4.08. The first kappa shape index (κ1) is 13.2. The summed E-state index contributed by atoms with van der Waals surface area (Å²) in [6, 6.07) is 9.73. The summed E-state index contributed by atoms with van der Waals surface area (Å²) in [4.78, 5) is 2.07. The largest absolute Gasteiger partial charge is 0.377 e. The molecule has 1 aromatic heterocycles. The van der Waals surface area contributed by atoms with Crippen LogP contribution in [0.2, 0.25) is 10.0 Å². The van der Waals surface area contributed by atoms with Crippen LogP contribution >= 0.6 is 23.2 Å². The molecule has 0 aliphatic rings. The molecule has 0 atom stereocenters. The van der Waals surface area contributed by atoms with E-state index in [0.29, 0.717) is 10.0 Å². The third-order valence-corrected chi connectivity index (χ3v) is 3.34. The summed E-state index contributed by atoms with van der Waals surface area (Å²) >= 11 is 12.0. The molecule has 94 valence electrons. The number of hydrogen-bond donors (Lipinski definition) is 0. The fourth-order valence-corrected chi connectivity index (χ4v) is 2.17. The van der Waals surface area contributed by atoms with Crippen LogP contribution in [0.15, 0.2) is 42.7 Å². The fourth-order valence-electron chi connectivity index (χ4n) is 1.70. The van der Waals surface area contributed by atoms with Crippen molar-refractivity contribution in [2.45, 2.75) is 6.54 Å². The Bertz CT molecular complexity index is 536. The first-order valence-corrected chi connectivity index (χ1v) is 6.42. The van der Waals surface area contributed by atoms with Crippen LogP contribution in [0.4, 0.5) is 5.69 Å². The number of benzene rings is 1. The predicted octanol–water partition coefficient (Wildman–Crippen LogP) is 3.40. The van der Waals surface area contributed by atoms with Gasteiger partial charge in [0.15, 0.2) is 18.9 Å². The van der Waals surface area contributed by atoms with Gasteiger partial charge in [-0.15, -0.1) is 0 Å². The van der Waals surface area contributed by atoms with Crippen LogP contribution in [0.5, 0.6) is 0 Å². The van der Waals surface area contributed by atoms with E-state index in [1.54, 1.807) is 6.07 Å². The Morgan fingerprint density at radius 1 is 1.06 bits per heavy atom. The Morgan fingerprint density at radius 3 is 2.28 bits per heavy atom. The van der Waals surface area contributed by atoms with Gasteiger partial charge >= 0.3 is 0 Å². The molecule has 2 aromatic rings. The zero-order valence-corrected chi connectivity index (χ0v) is 11.9. The van der Waals surface area contributed by atoms with Gasteiger partial charge in [0.1, 0.15) is 0 Å². The van der Waals surface area contributed by atoms with Crippen LogP contribution in [0.3, 0.4) is 0 Å². The molecule has 0 aliphatic carbocycles. The normalized spacial score (nSPS) is 10.4. The number of halogens is 2. The minimum absolute atomic E-state index is 0.664. The minimum atomic E-state index is 0.664. The van der Waals surface area contributed by atoms with Crippen molar-refractivity contribution in [1.29, 1.82) is 0 Å². The Kier molecular flexibility index (Phi) is 4.10. The molecule has 0 saturated heterocycles. The van der Waals surface area contributed by atoms with Crippen molar-refractivity contribution in [3.63, 3.8) is 0 Å². The molecule has 1 aromatic carbocycles. The smallest absolute Gasteiger partial charge is 0.175 e. The molecule has 2 nitrogen and oxygen atoms in total. The van der Waals surface area contributed by atoms with Crippen molar-refractivity contribution in [3.8, 4) is 0 Å². The summed E-state index contributed by atoms with van der Waals surface area (Å²) in [6.45, 7) is 0.740. The Hall–Kier alpha value is -1.25. The molecule has 0 bridgehead atoms. The van der Waals surface area contributed by atoms with Crippen molar-refractivity contribution < 1.29 is 4.57 Å². The zero-order valence-electron chi connectivity index (χ0n) is 10.4. The van der Waals surface area contributed by atoms with Gasteiger partial charge in [0.2, 0.25) is 0 Å². The van der Waals surface area contributed by atoms with Gasteiger partial charge in [-0.05, 0) is 18.2 Å². The summed E-state index contributed by atoms with van der Waals surface area (Å²) in [5.74, 6) is 0. The van der Waals surface area contributed by atoms with E-state index in [-0.39, 0.29) is 0 Å². The standard InChI is InChI=1S/C14H15Cl2N2/c1-17(2)13-5-7-18(8-6-13)10-11-3-4-12(15)9-14(11)16/h3-9H,10H2,1-2H3/q+1. The van der Waals surface area contributed by atoms with Crippen molar-refractivity contribution in [2.24, 2.45) is 0 Å². The van der Waals surface area contributed by atoms with Crippen LogP contribution < -0.4 is 9.47 Å². The molecule has 0 spiro atoms. The average Bonchev–Trinajstić information content (AvgIpc) is 2.33. The lowest BCUT2D eigenvalue weighted by atomic mass is 10.2. The number of rotatable bonds is 3. The molecule has 0 aliphatic heterocycles. The van der Waals surface area contributed by atoms with Crippen molar-refractivity contribution in [3.05, 3.63) is 58.3 Å². The monoisotopic (exact) mass is 281 g/mol. The molecule has 0 amide bonds. The van der Waals surface area contributed by atoms with Gasteiger partial charge in [0.05, 0.1) is 5.02 Å². The highest BCUT2D eigenvalue weighted by atomic mass is 35.5. The van der Waals surface area contributed by atoms with E-state index < -0.39 is 0 Å². The highest BCUT2D eigenvalue weighted by Crippen LogP contribution is 2.20. The lowest BCUT2D eigenvalue weighted by Crippen LogP contribution is -2.33. The molecule has 4 heteroatoms. The average molecular weight is 282 g/mol. The quantitative estimate of drug-likeness (QED) is 0.783. The van der Waals surface area contributed by atoms with Gasteiger partial charge in [0.25, 0.3) is 0 Å². The van der Waals surface area contributed by atoms with Crippen molar-refractivity contribution in [1.82, 2.24) is 0 Å². The van der Waals surface area contributed by atoms with E-state index in [9.17, 15) is 0 Å². The summed E-state index contributed by atoms with van der Waals surface area (Å²) < 4.78 is 2.09. The van der Waals surface area contributed by atoms with Crippen LogP contribution in [0.1, 0.15) is 5.56 Å². The van der Waals surface area contributed by atoms with Crippen LogP contribution in [0.25, 0.3) is 0 Å². The number of pyridine rings is 1. The van der Waals surface area contributed by atoms with Gasteiger partial charge < -0.3 is 4.90 Å². The number of hydrogen-bond acceptors (Lipinski definition) is 1. The molecule has 0 N–H and O–H groups in total. The van der Waals surface area contributed by atoms with E-state index >= 15 is 0 Å². The van der Waals surface area contributed by atoms with E-state index in [1.165, 1.54) is 5.69 Å². The van der Waals surface area contributed by atoms with Crippen LogP contribution in [-0.2, 0) is 6.54 Å². The number of nitrogens with zero attached hydrogens (tertiary/aromatic N) is 2. The van der Waals surface area contributed by atoms with Crippen molar-refractivity contribution in [2.75, 3.05) is 19.0 Å². The lowest BCUT2D eigenvalue weighted by molar-refractivity contribution is -0.688. The molecule has 1 heterocycles. The third-order valence-electron chi connectivity index (χ3n) is 2.76. The molecule has 0 radical (unpaired) electrons. The molecule has 0 unspecified atom stereocenters.